The highest BCUT2D eigenvalue weighted by atomic mass is 16.2. The van der Waals surface area contributed by atoms with Gasteiger partial charge in [-0.3, -0.25) is 14.1 Å². The monoisotopic (exact) mass is 365 g/mol. The molecule has 2 N–H and O–H groups in total. The highest BCUT2D eigenvalue weighted by molar-refractivity contribution is 5.93. The van der Waals surface area contributed by atoms with Crippen LogP contribution in [0.4, 0.5) is 0 Å². The Balaban J connectivity index is 1.37. The molecule has 7 nitrogen and oxygen atoms in total. The summed E-state index contributed by atoms with van der Waals surface area (Å²) in [6.45, 7) is 5.63. The van der Waals surface area contributed by atoms with E-state index in [9.17, 15) is 9.59 Å². The van der Waals surface area contributed by atoms with Crippen molar-refractivity contribution < 1.29 is 4.79 Å². The number of rotatable bonds is 5. The van der Waals surface area contributed by atoms with E-state index in [1.165, 1.54) is 16.2 Å². The lowest BCUT2D eigenvalue weighted by Gasteiger charge is -2.25. The second-order valence-corrected chi connectivity index (χ2v) is 7.58. The first-order valence-electron chi connectivity index (χ1n) is 9.13. The van der Waals surface area contributed by atoms with E-state index in [2.05, 4.69) is 51.4 Å². The molecule has 1 fully saturated rings. The minimum atomic E-state index is -0.365. The van der Waals surface area contributed by atoms with Crippen molar-refractivity contribution >= 4 is 11.6 Å². The van der Waals surface area contributed by atoms with E-state index in [0.29, 0.717) is 12.2 Å². The molecule has 0 radical (unpaired) electrons. The zero-order valence-electron chi connectivity index (χ0n) is 15.3. The molecule has 0 saturated carbocycles. The van der Waals surface area contributed by atoms with Gasteiger partial charge in [-0.05, 0) is 23.9 Å². The molecule has 0 spiro atoms. The van der Waals surface area contributed by atoms with Crippen LogP contribution in [-0.2, 0) is 6.54 Å². The van der Waals surface area contributed by atoms with Crippen LogP contribution in [0.2, 0.25) is 0 Å². The maximum absolute atomic E-state index is 12.5. The molecular weight excluding hydrogens is 342 g/mol. The second kappa shape index (κ2) is 7.00. The number of H-pyrrole nitrogens is 1. The number of benzene rings is 1. The Bertz CT molecular complexity index is 1010. The number of nitrogens with zero attached hydrogens (tertiary/aromatic N) is 3. The quantitative estimate of drug-likeness (QED) is 0.720. The molecule has 3 heterocycles. The van der Waals surface area contributed by atoms with E-state index < -0.39 is 0 Å². The molecule has 1 aliphatic heterocycles. The van der Waals surface area contributed by atoms with Crippen LogP contribution in [0.3, 0.4) is 0 Å². The van der Waals surface area contributed by atoms with E-state index >= 15 is 0 Å². The van der Waals surface area contributed by atoms with Gasteiger partial charge in [0.05, 0.1) is 0 Å². The molecule has 4 rings (SSSR count). The molecule has 7 heteroatoms. The highest BCUT2D eigenvalue weighted by Crippen LogP contribution is 2.30. The Morgan fingerprint density at radius 1 is 1.33 bits per heavy atom. The Morgan fingerprint density at radius 3 is 2.96 bits per heavy atom. The first kappa shape index (κ1) is 17.5. The molecule has 0 bridgehead atoms. The zero-order valence-corrected chi connectivity index (χ0v) is 15.3. The summed E-state index contributed by atoms with van der Waals surface area (Å²) in [7, 11) is 0. The Hall–Kier alpha value is -2.93. The van der Waals surface area contributed by atoms with Crippen molar-refractivity contribution in [1.82, 2.24) is 24.6 Å². The molecule has 2 aromatic heterocycles. The van der Waals surface area contributed by atoms with Gasteiger partial charge in [0.15, 0.2) is 0 Å². The predicted molar refractivity (Wildman–Crippen MR) is 103 cm³/mol. The average molecular weight is 365 g/mol. The third-order valence-corrected chi connectivity index (χ3v) is 5.21. The molecule has 140 valence electrons. The molecule has 27 heavy (non-hydrogen) atoms. The van der Waals surface area contributed by atoms with Crippen LogP contribution in [0.25, 0.3) is 5.65 Å². The minimum Gasteiger partial charge on any atom is -0.350 e. The van der Waals surface area contributed by atoms with Crippen LogP contribution >= 0.6 is 0 Å². The Labute approximate surface area is 157 Å². The van der Waals surface area contributed by atoms with Gasteiger partial charge >= 0.3 is 5.69 Å². The summed E-state index contributed by atoms with van der Waals surface area (Å²) in [5.41, 5.74) is 1.65. The lowest BCUT2D eigenvalue weighted by molar-refractivity contribution is 0.0928. The van der Waals surface area contributed by atoms with Crippen LogP contribution in [0, 0.1) is 5.41 Å². The first-order valence-corrected chi connectivity index (χ1v) is 9.13. The van der Waals surface area contributed by atoms with Crippen LogP contribution < -0.4 is 11.0 Å². The number of fused-ring (bicyclic) bond motifs is 1. The fourth-order valence-electron chi connectivity index (χ4n) is 3.69. The van der Waals surface area contributed by atoms with Gasteiger partial charge in [-0.15, -0.1) is 0 Å². The lowest BCUT2D eigenvalue weighted by atomic mass is 9.90. The molecule has 1 amide bonds. The number of imidazole rings is 1. The van der Waals surface area contributed by atoms with Crippen molar-refractivity contribution in [3.63, 3.8) is 0 Å². The third kappa shape index (κ3) is 3.78. The summed E-state index contributed by atoms with van der Waals surface area (Å²) in [5, 5.41) is 2.98. The van der Waals surface area contributed by atoms with Crippen LogP contribution in [0.5, 0.6) is 0 Å². The number of nitrogens with one attached hydrogen (secondary N) is 2. The van der Waals surface area contributed by atoms with Crippen molar-refractivity contribution in [2.24, 2.45) is 5.41 Å². The van der Waals surface area contributed by atoms with E-state index in [1.54, 1.807) is 12.3 Å². The molecule has 1 aromatic carbocycles. The average Bonchev–Trinajstić information content (AvgIpc) is 3.28. The van der Waals surface area contributed by atoms with Crippen molar-refractivity contribution in [3.05, 3.63) is 70.5 Å². The van der Waals surface area contributed by atoms with Gasteiger partial charge in [-0.2, -0.15) is 0 Å². The largest absolute Gasteiger partial charge is 0.350 e. The first-order chi connectivity index (χ1) is 13.0. The SMILES string of the molecule is CC1(CNC(=O)c2cc3nccn3c(=O)[nH]2)CCN(Cc2ccccc2)C1. The molecule has 1 atom stereocenters. The van der Waals surface area contributed by atoms with Crippen LogP contribution in [-0.4, -0.2) is 44.8 Å². The smallest absolute Gasteiger partial charge is 0.331 e. The van der Waals surface area contributed by atoms with Gasteiger partial charge in [0.1, 0.15) is 11.3 Å². The fraction of sp³-hybridized carbons (Fsp3) is 0.350. The molecular formula is C20H23N5O2. The van der Waals surface area contributed by atoms with E-state index in [-0.39, 0.29) is 22.7 Å². The number of aromatic amines is 1. The molecule has 0 aliphatic carbocycles. The molecule has 3 aromatic rings. The van der Waals surface area contributed by atoms with Gasteiger partial charge < -0.3 is 10.3 Å². The maximum Gasteiger partial charge on any atom is 0.331 e. The number of aromatic nitrogens is 3. The van der Waals surface area contributed by atoms with E-state index in [0.717, 1.165) is 26.1 Å². The van der Waals surface area contributed by atoms with Gasteiger partial charge in [-0.1, -0.05) is 37.3 Å². The summed E-state index contributed by atoms with van der Waals surface area (Å²) in [4.78, 5) is 33.6. The fourth-order valence-corrected chi connectivity index (χ4v) is 3.69. The minimum absolute atomic E-state index is 0.0160. The summed E-state index contributed by atoms with van der Waals surface area (Å²) in [6, 6.07) is 12.0. The van der Waals surface area contributed by atoms with Crippen molar-refractivity contribution in [2.75, 3.05) is 19.6 Å². The standard InChI is InChI=1S/C20H23N5O2/c1-20(7-9-24(14-20)12-15-5-3-2-4-6-15)13-22-18(26)16-11-17-21-8-10-25(17)19(27)23-16/h2-6,8,10-11H,7,9,12-14H2,1H3,(H,22,26)(H,23,27). The second-order valence-electron chi connectivity index (χ2n) is 7.58. The zero-order chi connectivity index (χ0) is 18.9. The highest BCUT2D eigenvalue weighted by Gasteiger charge is 2.34. The van der Waals surface area contributed by atoms with Gasteiger partial charge in [-0.25, -0.2) is 9.78 Å². The van der Waals surface area contributed by atoms with Gasteiger partial charge in [0.2, 0.25) is 0 Å². The Kier molecular flexibility index (Phi) is 4.53. The maximum atomic E-state index is 12.5. The summed E-state index contributed by atoms with van der Waals surface area (Å²) in [5.74, 6) is -0.277. The van der Waals surface area contributed by atoms with Crippen molar-refractivity contribution in [2.45, 2.75) is 19.9 Å². The van der Waals surface area contributed by atoms with Crippen LogP contribution in [0.15, 0.2) is 53.6 Å². The number of hydrogen-bond acceptors (Lipinski definition) is 4. The number of carbonyl (C=O) groups excluding carboxylic acids is 1. The van der Waals surface area contributed by atoms with Crippen LogP contribution in [0.1, 0.15) is 29.4 Å². The third-order valence-electron chi connectivity index (χ3n) is 5.21. The van der Waals surface area contributed by atoms with Gasteiger partial charge in [0, 0.05) is 38.1 Å². The normalized spacial score (nSPS) is 20.2. The van der Waals surface area contributed by atoms with Gasteiger partial charge in [0.25, 0.3) is 5.91 Å². The number of likely N-dealkylation sites (tertiary alicyclic amines) is 1. The Morgan fingerprint density at radius 2 is 2.15 bits per heavy atom. The topological polar surface area (TPSA) is 82.5 Å². The predicted octanol–water partition coefficient (Wildman–Crippen LogP) is 1.66. The van der Waals surface area contributed by atoms with E-state index in [1.807, 2.05) is 6.07 Å². The van der Waals surface area contributed by atoms with Crippen molar-refractivity contribution in [1.29, 1.82) is 0 Å². The summed E-state index contributed by atoms with van der Waals surface area (Å²) in [6.07, 6.45) is 4.12. The van der Waals surface area contributed by atoms with E-state index in [4.69, 9.17) is 0 Å². The van der Waals surface area contributed by atoms with Crippen molar-refractivity contribution in [3.8, 4) is 0 Å². The molecule has 1 aliphatic rings. The summed E-state index contributed by atoms with van der Waals surface area (Å²) >= 11 is 0. The summed E-state index contributed by atoms with van der Waals surface area (Å²) < 4.78 is 1.37. The molecule has 1 saturated heterocycles. The number of hydrogen-bond donors (Lipinski definition) is 2. The lowest BCUT2D eigenvalue weighted by Crippen LogP contribution is -2.38. The molecule has 1 unspecified atom stereocenters. The number of carbonyl (C=O) groups is 1. The number of amides is 1.